The molecule has 0 saturated carbocycles. The molecule has 0 spiro atoms. The minimum absolute atomic E-state index is 0. The Morgan fingerprint density at radius 1 is 1.26 bits per heavy atom. The van der Waals surface area contributed by atoms with Crippen molar-refractivity contribution in [2.75, 3.05) is 27.0 Å². The number of carbonyl (C=O) groups is 2. The molecule has 1 aromatic carbocycles. The molecule has 2 amide bonds. The molecule has 212 valence electrons. The van der Waals surface area contributed by atoms with Crippen LogP contribution >= 0.6 is 11.8 Å². The number of hydrogen-bond donors (Lipinski definition) is 3. The van der Waals surface area contributed by atoms with Crippen LogP contribution in [0.1, 0.15) is 63.2 Å². The lowest BCUT2D eigenvalue weighted by Crippen LogP contribution is -2.32. The first kappa shape index (κ1) is 35.5. The maximum atomic E-state index is 11.1. The molecule has 1 aliphatic carbocycles. The highest BCUT2D eigenvalue weighted by Crippen LogP contribution is 2.36. The van der Waals surface area contributed by atoms with Gasteiger partial charge in [-0.15, -0.1) is 0 Å². The molecule has 1 aromatic rings. The lowest BCUT2D eigenvalue weighted by Gasteiger charge is -2.14. The van der Waals surface area contributed by atoms with Crippen LogP contribution in [0, 0.1) is 5.92 Å². The van der Waals surface area contributed by atoms with Crippen molar-refractivity contribution < 1.29 is 19.3 Å². The summed E-state index contributed by atoms with van der Waals surface area (Å²) < 4.78 is 5.29. The Kier molecular flexibility index (Phi) is 19.2. The summed E-state index contributed by atoms with van der Waals surface area (Å²) in [5.74, 6) is 1.94. The number of rotatable bonds is 3. The summed E-state index contributed by atoms with van der Waals surface area (Å²) in [6.07, 6.45) is 12.0. The molecular formula is C27H46BN5O4S. The van der Waals surface area contributed by atoms with E-state index in [2.05, 4.69) is 39.7 Å². The SMILES string of the molecule is C.CC1SCC2CC(=O)NC21.CN=[N+]=[N-].CNC(=O)c1ccc(B(C)O)cc1.COC1CC/C=C/CCC1. The van der Waals surface area contributed by atoms with Crippen LogP contribution in [-0.2, 0) is 9.53 Å². The Morgan fingerprint density at radius 3 is 2.42 bits per heavy atom. The number of thioether (sulfide) groups is 1. The molecule has 0 radical (unpaired) electrons. The van der Waals surface area contributed by atoms with Gasteiger partial charge in [-0.3, -0.25) is 9.59 Å². The van der Waals surface area contributed by atoms with Crippen LogP contribution in [0.4, 0.5) is 0 Å². The van der Waals surface area contributed by atoms with E-state index >= 15 is 0 Å². The minimum atomic E-state index is -0.487. The number of azide groups is 1. The van der Waals surface area contributed by atoms with Gasteiger partial charge in [-0.2, -0.15) is 11.8 Å². The quantitative estimate of drug-likeness (QED) is 0.167. The number of carbonyl (C=O) groups excluding carboxylic acids is 2. The number of fused-ring (bicyclic) bond motifs is 1. The molecule has 9 nitrogen and oxygen atoms in total. The number of nitrogens with zero attached hydrogens (tertiary/aromatic N) is 3. The third kappa shape index (κ3) is 13.4. The van der Waals surface area contributed by atoms with Gasteiger partial charge in [0, 0.05) is 49.4 Å². The molecule has 4 unspecified atom stereocenters. The third-order valence-electron chi connectivity index (χ3n) is 6.39. The standard InChI is InChI=1S/C9H12BNO2.C9H16O.C7H11NOS.CH3N3.CH4/c1-10(13)8-5-3-7(4-6-8)9(12)11-2;1-10-9-7-5-3-2-4-6-8-9;1-4-7-5(3-10-4)2-6(9)8-7;1-3-4-2;/h3-6,13H,1-2H3,(H,11,12);2-3,9H,4-8H2,1H3;4-5,7H,2-3H2,1H3,(H,8,9);1H3;1H4/b;3-2+;;;. The topological polar surface area (TPSA) is 136 Å². The second kappa shape index (κ2) is 20.5. The van der Waals surface area contributed by atoms with E-state index < -0.39 is 6.92 Å². The summed E-state index contributed by atoms with van der Waals surface area (Å²) in [5, 5.41) is 18.3. The Bertz CT molecular complexity index is 894. The highest BCUT2D eigenvalue weighted by molar-refractivity contribution is 8.00. The number of methoxy groups -OCH3 is 1. The van der Waals surface area contributed by atoms with E-state index in [4.69, 9.17) is 10.3 Å². The van der Waals surface area contributed by atoms with Gasteiger partial charge in [-0.1, -0.05) is 50.6 Å². The molecule has 11 heteroatoms. The molecule has 2 fully saturated rings. The molecule has 0 bridgehead atoms. The van der Waals surface area contributed by atoms with Gasteiger partial charge >= 0.3 is 6.92 Å². The van der Waals surface area contributed by atoms with Crippen LogP contribution in [-0.4, -0.2) is 68.1 Å². The Morgan fingerprint density at radius 2 is 1.89 bits per heavy atom. The normalized spacial score (nSPS) is 23.7. The van der Waals surface area contributed by atoms with Gasteiger partial charge in [-0.25, -0.2) is 0 Å². The molecule has 2 heterocycles. The van der Waals surface area contributed by atoms with Crippen molar-refractivity contribution in [1.82, 2.24) is 10.6 Å². The Hall–Kier alpha value is -2.46. The van der Waals surface area contributed by atoms with Crippen LogP contribution in [0.5, 0.6) is 0 Å². The maximum Gasteiger partial charge on any atom is 0.320 e. The van der Waals surface area contributed by atoms with Crippen LogP contribution in [0.25, 0.3) is 10.4 Å². The van der Waals surface area contributed by atoms with Gasteiger partial charge in [0.15, 0.2) is 0 Å². The van der Waals surface area contributed by atoms with Crippen LogP contribution < -0.4 is 16.1 Å². The smallest absolute Gasteiger partial charge is 0.320 e. The van der Waals surface area contributed by atoms with E-state index in [1.165, 1.54) is 44.9 Å². The first-order valence-corrected chi connectivity index (χ1v) is 13.8. The molecule has 38 heavy (non-hydrogen) atoms. The molecule has 3 N–H and O–H groups in total. The van der Waals surface area contributed by atoms with Crippen molar-refractivity contribution in [2.24, 2.45) is 11.0 Å². The zero-order valence-electron chi connectivity index (χ0n) is 22.7. The molecule has 2 saturated heterocycles. The first-order valence-electron chi connectivity index (χ1n) is 12.8. The fraction of sp³-hybridized carbons (Fsp3) is 0.630. The number of allylic oxidation sites excluding steroid dienone is 2. The third-order valence-corrected chi connectivity index (χ3v) is 7.83. The van der Waals surface area contributed by atoms with E-state index in [9.17, 15) is 14.6 Å². The lowest BCUT2D eigenvalue weighted by atomic mass is 9.64. The Balaban J connectivity index is 0.000000503. The van der Waals surface area contributed by atoms with Gasteiger partial charge < -0.3 is 20.4 Å². The number of nitrogens with one attached hydrogen (secondary N) is 2. The van der Waals surface area contributed by atoms with Crippen molar-refractivity contribution in [3.8, 4) is 0 Å². The number of hydrogen-bond acceptors (Lipinski definition) is 6. The van der Waals surface area contributed by atoms with Gasteiger partial charge in [0.1, 0.15) is 0 Å². The summed E-state index contributed by atoms with van der Waals surface area (Å²) in [6, 6.07) is 7.36. The van der Waals surface area contributed by atoms with E-state index in [0.717, 1.165) is 11.9 Å². The van der Waals surface area contributed by atoms with Crippen LogP contribution in [0.2, 0.25) is 6.82 Å². The summed E-state index contributed by atoms with van der Waals surface area (Å²) in [5.41, 5.74) is 8.75. The van der Waals surface area contributed by atoms with Crippen molar-refractivity contribution >= 4 is 36.0 Å². The van der Waals surface area contributed by atoms with Gasteiger partial charge in [0.2, 0.25) is 5.91 Å². The Labute approximate surface area is 233 Å². The second-order valence-electron chi connectivity index (χ2n) is 9.10. The predicted molar refractivity (Wildman–Crippen MR) is 160 cm³/mol. The van der Waals surface area contributed by atoms with E-state index in [1.54, 1.807) is 38.1 Å². The van der Waals surface area contributed by atoms with Crippen molar-refractivity contribution in [1.29, 1.82) is 0 Å². The summed E-state index contributed by atoms with van der Waals surface area (Å²) in [6.45, 7) is 3.40. The van der Waals surface area contributed by atoms with Crippen molar-refractivity contribution in [3.63, 3.8) is 0 Å². The number of amides is 2. The largest absolute Gasteiger partial charge is 0.447 e. The summed E-state index contributed by atoms with van der Waals surface area (Å²) in [4.78, 5) is 24.4. The molecule has 0 aromatic heterocycles. The predicted octanol–water partition coefficient (Wildman–Crippen LogP) is 4.58. The molecule has 3 aliphatic rings. The first-order chi connectivity index (χ1) is 17.8. The monoisotopic (exact) mass is 547 g/mol. The fourth-order valence-corrected chi connectivity index (χ4v) is 5.56. The van der Waals surface area contributed by atoms with Crippen molar-refractivity contribution in [3.05, 3.63) is 52.4 Å². The fourth-order valence-electron chi connectivity index (χ4n) is 4.19. The average Bonchev–Trinajstić information content (AvgIpc) is 3.43. The van der Waals surface area contributed by atoms with Gasteiger partial charge in [0.05, 0.1) is 6.10 Å². The number of ether oxygens (including phenoxy) is 1. The van der Waals surface area contributed by atoms with Crippen LogP contribution in [0.15, 0.2) is 41.5 Å². The van der Waals surface area contributed by atoms with E-state index in [-0.39, 0.29) is 19.2 Å². The highest BCUT2D eigenvalue weighted by atomic mass is 32.2. The van der Waals surface area contributed by atoms with E-state index in [1.807, 2.05) is 18.9 Å². The molecule has 4 rings (SSSR count). The van der Waals surface area contributed by atoms with Crippen molar-refractivity contribution in [2.45, 2.75) is 77.1 Å². The summed E-state index contributed by atoms with van der Waals surface area (Å²) in [7, 11) is 4.79. The molecule has 2 aliphatic heterocycles. The molecule has 4 atom stereocenters. The average molecular weight is 548 g/mol. The van der Waals surface area contributed by atoms with Crippen LogP contribution in [0.3, 0.4) is 0 Å². The lowest BCUT2D eigenvalue weighted by molar-refractivity contribution is -0.119. The minimum Gasteiger partial charge on any atom is -0.447 e. The van der Waals surface area contributed by atoms with E-state index in [0.29, 0.717) is 28.9 Å². The highest BCUT2D eigenvalue weighted by Gasteiger charge is 2.40. The molecular weight excluding hydrogens is 501 g/mol. The zero-order chi connectivity index (χ0) is 27.6. The maximum absolute atomic E-state index is 11.1. The number of benzene rings is 1. The van der Waals surface area contributed by atoms with Gasteiger partial charge in [0.25, 0.3) is 5.91 Å². The van der Waals surface area contributed by atoms with Gasteiger partial charge in [-0.05, 0) is 66.9 Å². The second-order valence-corrected chi connectivity index (χ2v) is 10.5. The zero-order valence-corrected chi connectivity index (χ0v) is 23.5. The summed E-state index contributed by atoms with van der Waals surface area (Å²) >= 11 is 1.98.